The van der Waals surface area contributed by atoms with Gasteiger partial charge in [0.25, 0.3) is 0 Å². The van der Waals surface area contributed by atoms with E-state index in [4.69, 9.17) is 4.74 Å². The first-order chi connectivity index (χ1) is 8.47. The number of hydrogen-bond acceptors (Lipinski definition) is 4. The van der Waals surface area contributed by atoms with E-state index in [1.807, 2.05) is 0 Å². The van der Waals surface area contributed by atoms with Gasteiger partial charge in [-0.3, -0.25) is 9.69 Å². The summed E-state index contributed by atoms with van der Waals surface area (Å²) in [4.78, 5) is 14.1. The molecule has 0 radical (unpaired) electrons. The Balaban J connectivity index is 1.95. The zero-order valence-electron chi connectivity index (χ0n) is 11.9. The third-order valence-electron chi connectivity index (χ3n) is 3.85. The lowest BCUT2D eigenvalue weighted by Crippen LogP contribution is -2.54. The molecule has 2 heterocycles. The van der Waals surface area contributed by atoms with E-state index < -0.39 is 0 Å². The molecule has 2 rings (SSSR count). The molecule has 4 heteroatoms. The molecule has 0 saturated carbocycles. The molecule has 0 aromatic rings. The van der Waals surface area contributed by atoms with Crippen LogP contribution in [0, 0.1) is 0 Å². The van der Waals surface area contributed by atoms with Crippen LogP contribution in [0.2, 0.25) is 0 Å². The molecule has 2 atom stereocenters. The Morgan fingerprint density at radius 3 is 2.72 bits per heavy atom. The van der Waals surface area contributed by atoms with Crippen LogP contribution in [0.5, 0.6) is 0 Å². The molecule has 4 nitrogen and oxygen atoms in total. The lowest BCUT2D eigenvalue weighted by Gasteiger charge is -2.39. The second-order valence-corrected chi connectivity index (χ2v) is 6.49. The van der Waals surface area contributed by atoms with Crippen LogP contribution in [0.15, 0.2) is 0 Å². The van der Waals surface area contributed by atoms with E-state index in [9.17, 15) is 4.79 Å². The van der Waals surface area contributed by atoms with Gasteiger partial charge in [0.1, 0.15) is 6.04 Å². The van der Waals surface area contributed by atoms with Crippen molar-refractivity contribution in [2.45, 2.75) is 64.1 Å². The van der Waals surface area contributed by atoms with Crippen molar-refractivity contribution in [2.24, 2.45) is 0 Å². The number of cyclic esters (lactones) is 1. The maximum atomic E-state index is 11.7. The van der Waals surface area contributed by atoms with Crippen LogP contribution in [-0.2, 0) is 9.53 Å². The molecule has 1 N–H and O–H groups in total. The molecule has 0 aromatic heterocycles. The fourth-order valence-corrected chi connectivity index (χ4v) is 2.86. The Morgan fingerprint density at radius 2 is 2.11 bits per heavy atom. The van der Waals surface area contributed by atoms with E-state index in [-0.39, 0.29) is 17.6 Å². The minimum Gasteiger partial charge on any atom is -0.464 e. The van der Waals surface area contributed by atoms with Crippen LogP contribution in [0.25, 0.3) is 0 Å². The maximum absolute atomic E-state index is 11.7. The molecule has 2 saturated heterocycles. The monoisotopic (exact) mass is 254 g/mol. The van der Waals surface area contributed by atoms with Crippen molar-refractivity contribution in [3.05, 3.63) is 0 Å². The van der Waals surface area contributed by atoms with Crippen molar-refractivity contribution in [1.82, 2.24) is 10.2 Å². The fraction of sp³-hybridized carbons (Fsp3) is 0.929. The predicted molar refractivity (Wildman–Crippen MR) is 71.5 cm³/mol. The highest BCUT2D eigenvalue weighted by atomic mass is 16.5. The maximum Gasteiger partial charge on any atom is 0.323 e. The van der Waals surface area contributed by atoms with Crippen molar-refractivity contribution >= 4 is 5.97 Å². The van der Waals surface area contributed by atoms with Crippen molar-refractivity contribution < 1.29 is 9.53 Å². The third-order valence-corrected chi connectivity index (χ3v) is 3.85. The van der Waals surface area contributed by atoms with Gasteiger partial charge in [-0.05, 0) is 40.2 Å². The molecule has 0 bridgehead atoms. The van der Waals surface area contributed by atoms with Crippen molar-refractivity contribution in [2.75, 3.05) is 19.7 Å². The molecular formula is C14H26N2O2. The zero-order chi connectivity index (χ0) is 13.2. The minimum absolute atomic E-state index is 0.0112. The SMILES string of the molecule is CC(C)(C)NCC1CCCCN1C1CCOC1=O. The number of rotatable bonds is 3. The molecule has 2 aliphatic heterocycles. The normalized spacial score (nSPS) is 30.5. The highest BCUT2D eigenvalue weighted by molar-refractivity contribution is 5.77. The molecular weight excluding hydrogens is 228 g/mol. The van der Waals surface area contributed by atoms with Gasteiger partial charge < -0.3 is 10.1 Å². The van der Waals surface area contributed by atoms with Gasteiger partial charge in [0.15, 0.2) is 0 Å². The molecule has 18 heavy (non-hydrogen) atoms. The summed E-state index contributed by atoms with van der Waals surface area (Å²) in [7, 11) is 0. The van der Waals surface area contributed by atoms with Crippen LogP contribution in [0.3, 0.4) is 0 Å². The van der Waals surface area contributed by atoms with E-state index in [2.05, 4.69) is 31.0 Å². The van der Waals surface area contributed by atoms with Gasteiger partial charge in [-0.2, -0.15) is 0 Å². The third kappa shape index (κ3) is 3.45. The first kappa shape index (κ1) is 13.8. The van der Waals surface area contributed by atoms with Crippen molar-refractivity contribution in [1.29, 1.82) is 0 Å². The van der Waals surface area contributed by atoms with Crippen molar-refractivity contribution in [3.63, 3.8) is 0 Å². The Bertz CT molecular complexity index is 299. The number of likely N-dealkylation sites (tertiary alicyclic amines) is 1. The lowest BCUT2D eigenvalue weighted by atomic mass is 9.98. The highest BCUT2D eigenvalue weighted by Crippen LogP contribution is 2.24. The standard InChI is InChI=1S/C14H26N2O2/c1-14(2,3)15-10-11-6-4-5-8-16(11)12-7-9-18-13(12)17/h11-12,15H,4-10H2,1-3H3. The topological polar surface area (TPSA) is 41.6 Å². The number of hydrogen-bond donors (Lipinski definition) is 1. The summed E-state index contributed by atoms with van der Waals surface area (Å²) in [5.74, 6) is -0.0161. The Morgan fingerprint density at radius 1 is 1.33 bits per heavy atom. The van der Waals surface area contributed by atoms with E-state index >= 15 is 0 Å². The second kappa shape index (κ2) is 5.57. The van der Waals surface area contributed by atoms with Crippen LogP contribution in [-0.4, -0.2) is 48.2 Å². The van der Waals surface area contributed by atoms with Gasteiger partial charge in [0, 0.05) is 24.5 Å². The number of nitrogens with zero attached hydrogens (tertiary/aromatic N) is 1. The molecule has 2 aliphatic rings. The highest BCUT2D eigenvalue weighted by Gasteiger charge is 2.37. The first-order valence-electron chi connectivity index (χ1n) is 7.15. The molecule has 104 valence electrons. The molecule has 0 aromatic carbocycles. The van der Waals surface area contributed by atoms with Gasteiger partial charge >= 0.3 is 5.97 Å². The van der Waals surface area contributed by atoms with E-state index in [1.54, 1.807) is 0 Å². The summed E-state index contributed by atoms with van der Waals surface area (Å²) in [6.45, 7) is 9.15. The number of esters is 1. The quantitative estimate of drug-likeness (QED) is 0.776. The summed E-state index contributed by atoms with van der Waals surface area (Å²) in [5, 5.41) is 3.57. The Hall–Kier alpha value is -0.610. The van der Waals surface area contributed by atoms with Crippen LogP contribution < -0.4 is 5.32 Å². The molecule has 2 fully saturated rings. The van der Waals surface area contributed by atoms with Gasteiger partial charge in [0.2, 0.25) is 0 Å². The Labute approximate surface area is 110 Å². The van der Waals surface area contributed by atoms with Crippen LogP contribution in [0.4, 0.5) is 0 Å². The molecule has 0 aliphatic carbocycles. The van der Waals surface area contributed by atoms with Gasteiger partial charge in [0.05, 0.1) is 6.61 Å². The number of carbonyl (C=O) groups excluding carboxylic acids is 1. The smallest absolute Gasteiger partial charge is 0.323 e. The summed E-state index contributed by atoms with van der Waals surface area (Å²) in [6.07, 6.45) is 4.53. The first-order valence-corrected chi connectivity index (χ1v) is 7.15. The Kier molecular flexibility index (Phi) is 4.28. The number of piperidine rings is 1. The predicted octanol–water partition coefficient (Wildman–Crippen LogP) is 1.54. The summed E-state index contributed by atoms with van der Waals surface area (Å²) in [6, 6.07) is 0.491. The summed E-state index contributed by atoms with van der Waals surface area (Å²) < 4.78 is 5.11. The fourth-order valence-electron chi connectivity index (χ4n) is 2.86. The largest absolute Gasteiger partial charge is 0.464 e. The molecule has 0 spiro atoms. The number of carbonyl (C=O) groups is 1. The van der Waals surface area contributed by atoms with E-state index in [0.717, 1.165) is 19.5 Å². The zero-order valence-corrected chi connectivity index (χ0v) is 11.9. The minimum atomic E-state index is -0.0161. The van der Waals surface area contributed by atoms with Crippen LogP contribution in [0.1, 0.15) is 46.5 Å². The average molecular weight is 254 g/mol. The molecule has 0 amide bonds. The lowest BCUT2D eigenvalue weighted by molar-refractivity contribution is -0.143. The number of ether oxygens (including phenoxy) is 1. The summed E-state index contributed by atoms with van der Waals surface area (Å²) >= 11 is 0. The van der Waals surface area contributed by atoms with E-state index in [1.165, 1.54) is 19.3 Å². The average Bonchev–Trinajstić information content (AvgIpc) is 2.72. The van der Waals surface area contributed by atoms with Crippen LogP contribution >= 0.6 is 0 Å². The summed E-state index contributed by atoms with van der Waals surface area (Å²) in [5.41, 5.74) is 0.138. The second-order valence-electron chi connectivity index (χ2n) is 6.49. The van der Waals surface area contributed by atoms with Gasteiger partial charge in [-0.25, -0.2) is 0 Å². The van der Waals surface area contributed by atoms with Gasteiger partial charge in [-0.15, -0.1) is 0 Å². The van der Waals surface area contributed by atoms with Gasteiger partial charge in [-0.1, -0.05) is 6.42 Å². The molecule has 2 unspecified atom stereocenters. The van der Waals surface area contributed by atoms with Crippen molar-refractivity contribution in [3.8, 4) is 0 Å². The number of nitrogens with one attached hydrogen (secondary N) is 1. The van der Waals surface area contributed by atoms with E-state index in [0.29, 0.717) is 12.6 Å².